The van der Waals surface area contributed by atoms with E-state index >= 15 is 0 Å². The van der Waals surface area contributed by atoms with Gasteiger partial charge in [-0.2, -0.15) is 0 Å². The maximum Gasteiger partial charge on any atom is 0.241 e. The number of nitrogens with one attached hydrogen (secondary N) is 1. The molecule has 2 saturated carbocycles. The van der Waals surface area contributed by atoms with Crippen LogP contribution in [0.2, 0.25) is 0 Å². The second-order valence-electron chi connectivity index (χ2n) is 6.66. The van der Waals surface area contributed by atoms with Gasteiger partial charge in [0.15, 0.2) is 0 Å². The third-order valence-electron chi connectivity index (χ3n) is 5.20. The molecule has 1 aromatic rings. The van der Waals surface area contributed by atoms with Crippen molar-refractivity contribution in [1.82, 2.24) is 4.72 Å². The Morgan fingerprint density at radius 1 is 1.29 bits per heavy atom. The van der Waals surface area contributed by atoms with Gasteiger partial charge in [-0.05, 0) is 74.6 Å². The lowest BCUT2D eigenvalue weighted by molar-refractivity contribution is 0.280. The standard InChI is InChI=1S/C16H22FNO2S/c1-10-7-14(17)5-6-16(10)21(19,20)18-11(2)15-9-12-3-4-13(15)8-12/h5-7,11-13,15,18H,3-4,8-9H2,1-2H3/t11-,12+,13-,15+/m1/s1. The van der Waals surface area contributed by atoms with Crippen LogP contribution in [-0.2, 0) is 10.0 Å². The molecule has 0 amide bonds. The Balaban J connectivity index is 1.76. The van der Waals surface area contributed by atoms with E-state index in [4.69, 9.17) is 0 Å². The predicted molar refractivity (Wildman–Crippen MR) is 79.9 cm³/mol. The molecule has 4 atom stereocenters. The molecule has 2 aliphatic carbocycles. The van der Waals surface area contributed by atoms with E-state index in [2.05, 4.69) is 4.72 Å². The van der Waals surface area contributed by atoms with Crippen molar-refractivity contribution in [3.63, 3.8) is 0 Å². The highest BCUT2D eigenvalue weighted by atomic mass is 32.2. The number of halogens is 1. The number of rotatable bonds is 4. The van der Waals surface area contributed by atoms with Crippen molar-refractivity contribution in [3.8, 4) is 0 Å². The van der Waals surface area contributed by atoms with Gasteiger partial charge in [0.1, 0.15) is 5.82 Å². The van der Waals surface area contributed by atoms with E-state index in [1.807, 2.05) is 6.92 Å². The molecule has 0 aliphatic heterocycles. The lowest BCUT2D eigenvalue weighted by Crippen LogP contribution is -2.40. The summed E-state index contributed by atoms with van der Waals surface area (Å²) < 4.78 is 40.9. The van der Waals surface area contributed by atoms with Gasteiger partial charge in [-0.3, -0.25) is 0 Å². The zero-order valence-corrected chi connectivity index (χ0v) is 13.3. The Morgan fingerprint density at radius 3 is 2.62 bits per heavy atom. The fraction of sp³-hybridized carbons (Fsp3) is 0.625. The third-order valence-corrected chi connectivity index (χ3v) is 6.92. The van der Waals surface area contributed by atoms with Crippen molar-refractivity contribution in [2.75, 3.05) is 0 Å². The van der Waals surface area contributed by atoms with E-state index in [0.29, 0.717) is 17.4 Å². The quantitative estimate of drug-likeness (QED) is 0.928. The highest BCUT2D eigenvalue weighted by Crippen LogP contribution is 2.49. The van der Waals surface area contributed by atoms with Gasteiger partial charge in [0.05, 0.1) is 4.90 Å². The van der Waals surface area contributed by atoms with E-state index in [1.54, 1.807) is 6.92 Å². The Morgan fingerprint density at radius 2 is 2.05 bits per heavy atom. The van der Waals surface area contributed by atoms with Gasteiger partial charge < -0.3 is 0 Å². The van der Waals surface area contributed by atoms with E-state index in [9.17, 15) is 12.8 Å². The first kappa shape index (κ1) is 15.0. The maximum atomic E-state index is 13.1. The van der Waals surface area contributed by atoms with Gasteiger partial charge in [0.25, 0.3) is 0 Å². The van der Waals surface area contributed by atoms with Gasteiger partial charge in [-0.25, -0.2) is 17.5 Å². The summed E-state index contributed by atoms with van der Waals surface area (Å²) in [4.78, 5) is 0.180. The summed E-state index contributed by atoms with van der Waals surface area (Å²) in [6.45, 7) is 3.58. The molecule has 3 nitrogen and oxygen atoms in total. The molecular weight excluding hydrogens is 289 g/mol. The molecule has 0 aromatic heterocycles. The van der Waals surface area contributed by atoms with E-state index < -0.39 is 15.8 Å². The lowest BCUT2D eigenvalue weighted by Gasteiger charge is -2.28. The van der Waals surface area contributed by atoms with E-state index in [0.717, 1.165) is 12.3 Å². The van der Waals surface area contributed by atoms with Crippen LogP contribution in [0, 0.1) is 30.5 Å². The van der Waals surface area contributed by atoms with Gasteiger partial charge in [-0.15, -0.1) is 0 Å². The fourth-order valence-corrected chi connectivity index (χ4v) is 5.74. The van der Waals surface area contributed by atoms with Crippen LogP contribution in [0.4, 0.5) is 4.39 Å². The molecule has 5 heteroatoms. The van der Waals surface area contributed by atoms with Crippen LogP contribution < -0.4 is 4.72 Å². The van der Waals surface area contributed by atoms with Crippen molar-refractivity contribution in [3.05, 3.63) is 29.6 Å². The summed E-state index contributed by atoms with van der Waals surface area (Å²) in [5, 5.41) is 0. The molecule has 0 unspecified atom stereocenters. The van der Waals surface area contributed by atoms with Gasteiger partial charge >= 0.3 is 0 Å². The molecule has 1 aromatic carbocycles. The lowest BCUT2D eigenvalue weighted by atomic mass is 9.84. The minimum absolute atomic E-state index is 0.0604. The van der Waals surface area contributed by atoms with Crippen LogP contribution in [0.3, 0.4) is 0 Å². The Hall–Kier alpha value is -0.940. The zero-order chi connectivity index (χ0) is 15.2. The highest BCUT2D eigenvalue weighted by Gasteiger charge is 2.42. The van der Waals surface area contributed by atoms with Crippen LogP contribution >= 0.6 is 0 Å². The second kappa shape index (κ2) is 5.36. The smallest absolute Gasteiger partial charge is 0.208 e. The summed E-state index contributed by atoms with van der Waals surface area (Å²) >= 11 is 0. The number of hydrogen-bond donors (Lipinski definition) is 1. The molecule has 0 spiro atoms. The average molecular weight is 311 g/mol. The molecule has 0 heterocycles. The molecule has 1 N–H and O–H groups in total. The summed E-state index contributed by atoms with van der Waals surface area (Å²) in [5.41, 5.74) is 0.447. The number of benzene rings is 1. The van der Waals surface area contributed by atoms with Crippen molar-refractivity contribution in [2.45, 2.75) is 50.5 Å². The van der Waals surface area contributed by atoms with Crippen LogP contribution in [-0.4, -0.2) is 14.5 Å². The van der Waals surface area contributed by atoms with Crippen molar-refractivity contribution in [2.24, 2.45) is 17.8 Å². The van der Waals surface area contributed by atoms with E-state index in [-0.39, 0.29) is 10.9 Å². The minimum atomic E-state index is -3.58. The molecule has 2 aliphatic rings. The Kier molecular flexibility index (Phi) is 3.82. The van der Waals surface area contributed by atoms with Gasteiger partial charge in [-0.1, -0.05) is 6.42 Å². The topological polar surface area (TPSA) is 46.2 Å². The number of fused-ring (bicyclic) bond motifs is 2. The van der Waals surface area contributed by atoms with Crippen molar-refractivity contribution >= 4 is 10.0 Å². The SMILES string of the molecule is Cc1cc(F)ccc1S(=O)(=O)N[C@H](C)[C@@H]1C[C@H]2CC[C@@H]1C2. The third kappa shape index (κ3) is 2.86. The molecule has 2 bridgehead atoms. The average Bonchev–Trinajstić information content (AvgIpc) is 2.99. The van der Waals surface area contributed by atoms with Crippen molar-refractivity contribution in [1.29, 1.82) is 0 Å². The summed E-state index contributed by atoms with van der Waals surface area (Å²) in [5.74, 6) is 1.49. The van der Waals surface area contributed by atoms with E-state index in [1.165, 1.54) is 37.5 Å². The fourth-order valence-electron chi connectivity index (χ4n) is 4.22. The molecule has 3 rings (SSSR count). The minimum Gasteiger partial charge on any atom is -0.208 e. The molecule has 116 valence electrons. The monoisotopic (exact) mass is 311 g/mol. The first-order valence-corrected chi connectivity index (χ1v) is 9.13. The molecule has 21 heavy (non-hydrogen) atoms. The normalized spacial score (nSPS) is 29.8. The number of sulfonamides is 1. The number of hydrogen-bond acceptors (Lipinski definition) is 2. The van der Waals surface area contributed by atoms with Crippen LogP contribution in [0.25, 0.3) is 0 Å². The van der Waals surface area contributed by atoms with Gasteiger partial charge in [0.2, 0.25) is 10.0 Å². The van der Waals surface area contributed by atoms with Crippen molar-refractivity contribution < 1.29 is 12.8 Å². The first-order chi connectivity index (χ1) is 9.87. The maximum absolute atomic E-state index is 13.1. The predicted octanol–water partition coefficient (Wildman–Crippen LogP) is 3.24. The van der Waals surface area contributed by atoms with Crippen LogP contribution in [0.1, 0.15) is 38.2 Å². The van der Waals surface area contributed by atoms with Crippen LogP contribution in [0.5, 0.6) is 0 Å². The Bertz CT molecular complexity index is 644. The summed E-state index contributed by atoms with van der Waals surface area (Å²) in [7, 11) is -3.58. The molecule has 0 radical (unpaired) electrons. The largest absolute Gasteiger partial charge is 0.241 e. The van der Waals surface area contributed by atoms with Gasteiger partial charge in [0, 0.05) is 6.04 Å². The Labute approximate surface area is 126 Å². The second-order valence-corrected chi connectivity index (χ2v) is 8.34. The summed E-state index contributed by atoms with van der Waals surface area (Å²) in [6.07, 6.45) is 4.93. The summed E-state index contributed by atoms with van der Waals surface area (Å²) in [6, 6.07) is 3.75. The molecule has 2 fully saturated rings. The highest BCUT2D eigenvalue weighted by molar-refractivity contribution is 7.89. The zero-order valence-electron chi connectivity index (χ0n) is 12.5. The molecule has 0 saturated heterocycles. The number of aryl methyl sites for hydroxylation is 1. The first-order valence-electron chi connectivity index (χ1n) is 7.65. The molecular formula is C16H22FNO2S. The van der Waals surface area contributed by atoms with Crippen LogP contribution in [0.15, 0.2) is 23.1 Å².